The number of esters is 1. The number of hydrogen-bond acceptors (Lipinski definition) is 4. The van der Waals surface area contributed by atoms with Gasteiger partial charge in [0.15, 0.2) is 0 Å². The summed E-state index contributed by atoms with van der Waals surface area (Å²) < 4.78 is 4.79. The molecule has 1 aliphatic heterocycles. The standard InChI is InChI=1S/C21H23N3O2/c1-26-21(25)16-9-10-18-19(14-16)23-20(22-18)15-7-6-8-17(13-15)24-11-4-2-3-5-12-24/h6-10,13-14H,2-5,11-12H2,1H3,(H,22,23). The molecule has 2 aromatic carbocycles. The first kappa shape index (κ1) is 16.6. The van der Waals surface area contributed by atoms with E-state index in [0.29, 0.717) is 5.56 Å². The Balaban J connectivity index is 1.66. The van der Waals surface area contributed by atoms with Gasteiger partial charge in [0.05, 0.1) is 23.7 Å². The highest BCUT2D eigenvalue weighted by molar-refractivity contribution is 5.94. The number of H-pyrrole nitrogens is 1. The third-order valence-electron chi connectivity index (χ3n) is 4.99. The highest BCUT2D eigenvalue weighted by atomic mass is 16.5. The summed E-state index contributed by atoms with van der Waals surface area (Å²) in [7, 11) is 1.39. The van der Waals surface area contributed by atoms with E-state index in [0.717, 1.165) is 35.5 Å². The van der Waals surface area contributed by atoms with Crippen LogP contribution in [0.25, 0.3) is 22.4 Å². The number of benzene rings is 2. The Morgan fingerprint density at radius 1 is 1.08 bits per heavy atom. The summed E-state index contributed by atoms with van der Waals surface area (Å²) in [5, 5.41) is 0. The molecule has 0 amide bonds. The Bertz CT molecular complexity index is 924. The first-order valence-corrected chi connectivity index (χ1v) is 9.18. The lowest BCUT2D eigenvalue weighted by Crippen LogP contribution is -2.23. The molecule has 4 rings (SSSR count). The van der Waals surface area contributed by atoms with E-state index >= 15 is 0 Å². The van der Waals surface area contributed by atoms with Gasteiger partial charge in [-0.05, 0) is 43.2 Å². The van der Waals surface area contributed by atoms with Crippen LogP contribution < -0.4 is 4.90 Å². The van der Waals surface area contributed by atoms with E-state index in [1.165, 1.54) is 38.5 Å². The van der Waals surface area contributed by atoms with E-state index in [1.54, 1.807) is 12.1 Å². The minimum absolute atomic E-state index is 0.341. The van der Waals surface area contributed by atoms with Crippen LogP contribution in [-0.4, -0.2) is 36.1 Å². The van der Waals surface area contributed by atoms with E-state index in [9.17, 15) is 4.79 Å². The van der Waals surface area contributed by atoms with Gasteiger partial charge in [-0.2, -0.15) is 0 Å². The summed E-state index contributed by atoms with van der Waals surface area (Å²) in [6.07, 6.45) is 5.15. The number of carbonyl (C=O) groups is 1. The van der Waals surface area contributed by atoms with E-state index < -0.39 is 0 Å². The number of aromatic amines is 1. The van der Waals surface area contributed by atoms with Gasteiger partial charge < -0.3 is 14.6 Å². The summed E-state index contributed by atoms with van der Waals surface area (Å²) in [6.45, 7) is 2.23. The van der Waals surface area contributed by atoms with Gasteiger partial charge in [0, 0.05) is 24.3 Å². The van der Waals surface area contributed by atoms with Crippen LogP contribution in [0.1, 0.15) is 36.0 Å². The summed E-state index contributed by atoms with van der Waals surface area (Å²) >= 11 is 0. The maximum atomic E-state index is 11.7. The van der Waals surface area contributed by atoms with Crippen molar-refractivity contribution in [3.8, 4) is 11.4 Å². The van der Waals surface area contributed by atoms with Crippen LogP contribution in [-0.2, 0) is 4.74 Å². The maximum Gasteiger partial charge on any atom is 0.337 e. The second-order valence-corrected chi connectivity index (χ2v) is 6.76. The predicted molar refractivity (Wildman–Crippen MR) is 104 cm³/mol. The lowest BCUT2D eigenvalue weighted by Gasteiger charge is -2.23. The molecule has 26 heavy (non-hydrogen) atoms. The molecule has 5 nitrogen and oxygen atoms in total. The van der Waals surface area contributed by atoms with Gasteiger partial charge in [0.1, 0.15) is 5.82 Å². The van der Waals surface area contributed by atoms with Crippen molar-refractivity contribution >= 4 is 22.7 Å². The number of fused-ring (bicyclic) bond motifs is 1. The van der Waals surface area contributed by atoms with Crippen LogP contribution in [0.5, 0.6) is 0 Å². The second-order valence-electron chi connectivity index (χ2n) is 6.76. The zero-order valence-corrected chi connectivity index (χ0v) is 15.0. The van der Waals surface area contributed by atoms with Crippen molar-refractivity contribution in [2.75, 3.05) is 25.1 Å². The van der Waals surface area contributed by atoms with Gasteiger partial charge in [0.25, 0.3) is 0 Å². The average molecular weight is 349 g/mol. The van der Waals surface area contributed by atoms with Crippen molar-refractivity contribution in [2.24, 2.45) is 0 Å². The highest BCUT2D eigenvalue weighted by Gasteiger charge is 2.13. The Morgan fingerprint density at radius 2 is 1.88 bits per heavy atom. The number of methoxy groups -OCH3 is 1. The van der Waals surface area contributed by atoms with Crippen molar-refractivity contribution in [3.63, 3.8) is 0 Å². The van der Waals surface area contributed by atoms with Gasteiger partial charge in [-0.25, -0.2) is 9.78 Å². The minimum atomic E-state index is -0.341. The molecule has 1 N–H and O–H groups in total. The molecule has 1 aliphatic rings. The topological polar surface area (TPSA) is 58.2 Å². The van der Waals surface area contributed by atoms with Crippen molar-refractivity contribution in [3.05, 3.63) is 48.0 Å². The SMILES string of the molecule is COC(=O)c1ccc2nc(-c3cccc(N4CCCCCC4)c3)[nH]c2c1. The Labute approximate surface area is 153 Å². The number of imidazole rings is 1. The maximum absolute atomic E-state index is 11.7. The van der Waals surface area contributed by atoms with Gasteiger partial charge in [-0.15, -0.1) is 0 Å². The van der Waals surface area contributed by atoms with Gasteiger partial charge in [-0.3, -0.25) is 0 Å². The van der Waals surface area contributed by atoms with Gasteiger partial charge >= 0.3 is 5.97 Å². The molecule has 0 atom stereocenters. The summed E-state index contributed by atoms with van der Waals surface area (Å²) in [6, 6.07) is 13.9. The summed E-state index contributed by atoms with van der Waals surface area (Å²) in [4.78, 5) is 22.2. The Kier molecular flexibility index (Phi) is 4.61. The first-order valence-electron chi connectivity index (χ1n) is 9.18. The van der Waals surface area contributed by atoms with Crippen LogP contribution in [0, 0.1) is 0 Å². The fourth-order valence-corrected chi connectivity index (χ4v) is 3.57. The number of aromatic nitrogens is 2. The largest absolute Gasteiger partial charge is 0.465 e. The number of ether oxygens (including phenoxy) is 1. The Morgan fingerprint density at radius 3 is 2.65 bits per heavy atom. The molecule has 2 heterocycles. The molecule has 134 valence electrons. The smallest absolute Gasteiger partial charge is 0.337 e. The summed E-state index contributed by atoms with van der Waals surface area (Å²) in [5.41, 5.74) is 4.51. The van der Waals surface area contributed by atoms with Crippen molar-refractivity contribution in [1.29, 1.82) is 0 Å². The first-order chi connectivity index (χ1) is 12.7. The van der Waals surface area contributed by atoms with E-state index in [2.05, 4.69) is 39.1 Å². The number of nitrogens with zero attached hydrogens (tertiary/aromatic N) is 2. The number of anilines is 1. The van der Waals surface area contributed by atoms with E-state index in [4.69, 9.17) is 4.74 Å². The molecule has 0 spiro atoms. The number of nitrogens with one attached hydrogen (secondary N) is 1. The molecule has 0 unspecified atom stereocenters. The molecule has 5 heteroatoms. The normalized spacial score (nSPS) is 15.0. The third kappa shape index (κ3) is 3.29. The molecule has 1 fully saturated rings. The van der Waals surface area contributed by atoms with E-state index in [-0.39, 0.29) is 5.97 Å². The van der Waals surface area contributed by atoms with Crippen molar-refractivity contribution in [2.45, 2.75) is 25.7 Å². The van der Waals surface area contributed by atoms with Crippen LogP contribution >= 0.6 is 0 Å². The molecule has 0 radical (unpaired) electrons. The minimum Gasteiger partial charge on any atom is -0.465 e. The fourth-order valence-electron chi connectivity index (χ4n) is 3.57. The van der Waals surface area contributed by atoms with Gasteiger partial charge in [-0.1, -0.05) is 25.0 Å². The fraction of sp³-hybridized carbons (Fsp3) is 0.333. The van der Waals surface area contributed by atoms with Crippen LogP contribution in [0.15, 0.2) is 42.5 Å². The Hall–Kier alpha value is -2.82. The zero-order chi connectivity index (χ0) is 17.9. The monoisotopic (exact) mass is 349 g/mol. The number of rotatable bonds is 3. The molecular weight excluding hydrogens is 326 g/mol. The van der Waals surface area contributed by atoms with Crippen molar-refractivity contribution < 1.29 is 9.53 Å². The van der Waals surface area contributed by atoms with Crippen LogP contribution in [0.2, 0.25) is 0 Å². The van der Waals surface area contributed by atoms with Crippen molar-refractivity contribution in [1.82, 2.24) is 9.97 Å². The lowest BCUT2D eigenvalue weighted by molar-refractivity contribution is 0.0601. The second kappa shape index (κ2) is 7.20. The van der Waals surface area contributed by atoms with Gasteiger partial charge in [0.2, 0.25) is 0 Å². The lowest BCUT2D eigenvalue weighted by atomic mass is 10.1. The van der Waals surface area contributed by atoms with E-state index in [1.807, 2.05) is 6.07 Å². The molecule has 0 saturated carbocycles. The zero-order valence-electron chi connectivity index (χ0n) is 15.0. The molecule has 3 aromatic rings. The molecule has 0 bridgehead atoms. The molecule has 0 aliphatic carbocycles. The van der Waals surface area contributed by atoms with Crippen LogP contribution in [0.3, 0.4) is 0 Å². The predicted octanol–water partition coefficient (Wildman–Crippen LogP) is 4.40. The quantitative estimate of drug-likeness (QED) is 0.712. The number of hydrogen-bond donors (Lipinski definition) is 1. The molecule has 1 aromatic heterocycles. The third-order valence-corrected chi connectivity index (χ3v) is 4.99. The average Bonchev–Trinajstić information content (AvgIpc) is 2.92. The molecular formula is C21H23N3O2. The number of carbonyl (C=O) groups excluding carboxylic acids is 1. The molecule has 1 saturated heterocycles. The van der Waals surface area contributed by atoms with Crippen LogP contribution in [0.4, 0.5) is 5.69 Å². The summed E-state index contributed by atoms with van der Waals surface area (Å²) in [5.74, 6) is 0.477. The highest BCUT2D eigenvalue weighted by Crippen LogP contribution is 2.27.